The van der Waals surface area contributed by atoms with E-state index in [0.717, 1.165) is 29.2 Å². The zero-order valence-electron chi connectivity index (χ0n) is 12.9. The minimum absolute atomic E-state index is 0.478. The molecule has 0 unspecified atom stereocenters. The highest BCUT2D eigenvalue weighted by Crippen LogP contribution is 2.24. The summed E-state index contributed by atoms with van der Waals surface area (Å²) < 4.78 is 26.6. The minimum Gasteiger partial charge on any atom is -0.298 e. The molecular weight excluding hydrogens is 308 g/mol. The van der Waals surface area contributed by atoms with Gasteiger partial charge in [-0.15, -0.1) is 0 Å². The van der Waals surface area contributed by atoms with Gasteiger partial charge in [0.2, 0.25) is 0 Å². The molecule has 0 spiro atoms. The second-order valence-electron chi connectivity index (χ2n) is 5.52. The molecule has 0 saturated heterocycles. The van der Waals surface area contributed by atoms with Crippen molar-refractivity contribution in [3.63, 3.8) is 0 Å². The molecule has 0 N–H and O–H groups in total. The average molecular weight is 323 g/mol. The first-order valence-corrected chi connectivity index (χ1v) is 7.60. The van der Waals surface area contributed by atoms with E-state index in [1.54, 1.807) is 18.3 Å². The van der Waals surface area contributed by atoms with Crippen molar-refractivity contribution in [2.24, 2.45) is 0 Å². The van der Waals surface area contributed by atoms with Crippen molar-refractivity contribution >= 4 is 6.29 Å². The van der Waals surface area contributed by atoms with Crippen molar-refractivity contribution in [1.82, 2.24) is 4.98 Å². The molecule has 1 aromatic heterocycles. The molecule has 0 fully saturated rings. The van der Waals surface area contributed by atoms with Crippen molar-refractivity contribution < 1.29 is 13.6 Å². The molecule has 4 heteroatoms. The van der Waals surface area contributed by atoms with E-state index < -0.39 is 11.6 Å². The van der Waals surface area contributed by atoms with Crippen molar-refractivity contribution in [3.8, 4) is 11.1 Å². The number of carbonyl (C=O) groups is 1. The van der Waals surface area contributed by atoms with Crippen molar-refractivity contribution in [1.29, 1.82) is 0 Å². The molecule has 0 radical (unpaired) electrons. The van der Waals surface area contributed by atoms with Crippen LogP contribution in [0.15, 0.2) is 60.8 Å². The summed E-state index contributed by atoms with van der Waals surface area (Å²) in [5.74, 6) is -1.16. The smallest absolute Gasteiger partial charge is 0.150 e. The largest absolute Gasteiger partial charge is 0.298 e. The van der Waals surface area contributed by atoms with Crippen LogP contribution >= 0.6 is 0 Å². The SMILES string of the molecule is O=Cc1cccc(-c2cccnc2CCc2cc(F)cc(F)c2)c1. The van der Waals surface area contributed by atoms with Crippen LogP contribution < -0.4 is 0 Å². The Morgan fingerprint density at radius 2 is 1.71 bits per heavy atom. The predicted octanol–water partition coefficient (Wildman–Crippen LogP) is 4.62. The highest BCUT2D eigenvalue weighted by Gasteiger charge is 2.08. The zero-order chi connectivity index (χ0) is 16.9. The Hall–Kier alpha value is -2.88. The number of pyridine rings is 1. The highest BCUT2D eigenvalue weighted by atomic mass is 19.1. The van der Waals surface area contributed by atoms with Crippen molar-refractivity contribution in [2.75, 3.05) is 0 Å². The molecule has 2 aromatic carbocycles. The lowest BCUT2D eigenvalue weighted by atomic mass is 9.98. The number of halogens is 2. The van der Waals surface area contributed by atoms with Gasteiger partial charge in [0.1, 0.15) is 17.9 Å². The van der Waals surface area contributed by atoms with Crippen LogP contribution in [0.3, 0.4) is 0 Å². The van der Waals surface area contributed by atoms with Crippen LogP contribution in [0.2, 0.25) is 0 Å². The number of aryl methyl sites for hydroxylation is 2. The summed E-state index contributed by atoms with van der Waals surface area (Å²) in [6.07, 6.45) is 3.51. The van der Waals surface area contributed by atoms with E-state index >= 15 is 0 Å². The van der Waals surface area contributed by atoms with Crippen molar-refractivity contribution in [3.05, 3.63) is 89.2 Å². The lowest BCUT2D eigenvalue weighted by Gasteiger charge is -2.09. The highest BCUT2D eigenvalue weighted by molar-refractivity contribution is 5.79. The van der Waals surface area contributed by atoms with Crippen LogP contribution in [0, 0.1) is 11.6 Å². The van der Waals surface area contributed by atoms with Gasteiger partial charge >= 0.3 is 0 Å². The zero-order valence-corrected chi connectivity index (χ0v) is 12.9. The first kappa shape index (κ1) is 16.0. The number of rotatable bonds is 5. The van der Waals surface area contributed by atoms with Gasteiger partial charge in [-0.25, -0.2) is 8.78 Å². The van der Waals surface area contributed by atoms with E-state index in [-0.39, 0.29) is 0 Å². The molecule has 0 saturated carbocycles. The molecule has 1 heterocycles. The van der Waals surface area contributed by atoms with Gasteiger partial charge in [0.05, 0.1) is 0 Å². The number of hydrogen-bond donors (Lipinski definition) is 0. The Labute approximate surface area is 138 Å². The molecule has 0 bridgehead atoms. The molecule has 0 aliphatic rings. The Morgan fingerprint density at radius 1 is 0.917 bits per heavy atom. The van der Waals surface area contributed by atoms with E-state index in [1.165, 1.54) is 12.1 Å². The number of carbonyl (C=O) groups excluding carboxylic acids is 1. The molecule has 0 aliphatic carbocycles. The second kappa shape index (κ2) is 7.13. The number of hydrogen-bond acceptors (Lipinski definition) is 2. The van der Waals surface area contributed by atoms with E-state index in [9.17, 15) is 13.6 Å². The van der Waals surface area contributed by atoms with Gasteiger partial charge in [-0.1, -0.05) is 24.3 Å². The van der Waals surface area contributed by atoms with Gasteiger partial charge in [0.15, 0.2) is 0 Å². The third-order valence-electron chi connectivity index (χ3n) is 3.80. The molecule has 0 atom stereocenters. The summed E-state index contributed by atoms with van der Waals surface area (Å²) in [6, 6.07) is 14.6. The second-order valence-corrected chi connectivity index (χ2v) is 5.52. The standard InChI is InChI=1S/C20H15F2NO/c21-17-10-14(11-18(22)12-17)6-7-20-19(5-2-8-23-20)16-4-1-3-15(9-16)13-24/h1-5,8-13H,6-7H2. The molecule has 0 amide bonds. The van der Waals surface area contributed by atoms with Crippen LogP contribution in [0.25, 0.3) is 11.1 Å². The number of aldehydes is 1. The van der Waals surface area contributed by atoms with Crippen LogP contribution in [0.5, 0.6) is 0 Å². The Bertz CT molecular complexity index is 857. The van der Waals surface area contributed by atoms with Gasteiger partial charge in [0.25, 0.3) is 0 Å². The molecule has 0 aliphatic heterocycles. The number of nitrogens with zero attached hydrogens (tertiary/aromatic N) is 1. The molecule has 3 rings (SSSR count). The third kappa shape index (κ3) is 3.71. The van der Waals surface area contributed by atoms with Gasteiger partial charge in [-0.3, -0.25) is 9.78 Å². The molecule has 3 aromatic rings. The maximum atomic E-state index is 13.3. The van der Waals surface area contributed by atoms with Crippen molar-refractivity contribution in [2.45, 2.75) is 12.8 Å². The lowest BCUT2D eigenvalue weighted by Crippen LogP contribution is -1.99. The van der Waals surface area contributed by atoms with Crippen LogP contribution in [-0.4, -0.2) is 11.3 Å². The summed E-state index contributed by atoms with van der Waals surface area (Å²) in [6.45, 7) is 0. The van der Waals surface area contributed by atoms with Gasteiger partial charge in [0, 0.05) is 29.1 Å². The lowest BCUT2D eigenvalue weighted by molar-refractivity contribution is 0.112. The van der Waals surface area contributed by atoms with E-state index in [2.05, 4.69) is 4.98 Å². The quantitative estimate of drug-likeness (QED) is 0.641. The molecule has 120 valence electrons. The Morgan fingerprint density at radius 3 is 2.46 bits per heavy atom. The predicted molar refractivity (Wildman–Crippen MR) is 88.8 cm³/mol. The first-order chi connectivity index (χ1) is 11.7. The van der Waals surface area contributed by atoms with Gasteiger partial charge < -0.3 is 0 Å². The maximum absolute atomic E-state index is 13.3. The molecular formula is C20H15F2NO. The normalized spacial score (nSPS) is 10.6. The fourth-order valence-electron chi connectivity index (χ4n) is 2.70. The summed E-state index contributed by atoms with van der Waals surface area (Å²) >= 11 is 0. The average Bonchev–Trinajstić information content (AvgIpc) is 2.59. The van der Waals surface area contributed by atoms with Crippen LogP contribution in [-0.2, 0) is 12.8 Å². The summed E-state index contributed by atoms with van der Waals surface area (Å²) in [4.78, 5) is 15.4. The summed E-state index contributed by atoms with van der Waals surface area (Å²) in [5.41, 5.74) is 3.82. The van der Waals surface area contributed by atoms with Gasteiger partial charge in [-0.05, 0) is 48.2 Å². The van der Waals surface area contributed by atoms with E-state index in [0.29, 0.717) is 24.0 Å². The van der Waals surface area contributed by atoms with Crippen LogP contribution in [0.4, 0.5) is 8.78 Å². The third-order valence-corrected chi connectivity index (χ3v) is 3.80. The fraction of sp³-hybridized carbons (Fsp3) is 0.100. The Balaban J connectivity index is 1.87. The summed E-state index contributed by atoms with van der Waals surface area (Å²) in [7, 11) is 0. The molecule has 2 nitrogen and oxygen atoms in total. The topological polar surface area (TPSA) is 30.0 Å². The Kier molecular flexibility index (Phi) is 4.75. The monoisotopic (exact) mass is 323 g/mol. The first-order valence-electron chi connectivity index (χ1n) is 7.60. The maximum Gasteiger partial charge on any atom is 0.150 e. The van der Waals surface area contributed by atoms with Gasteiger partial charge in [-0.2, -0.15) is 0 Å². The van der Waals surface area contributed by atoms with E-state index in [4.69, 9.17) is 0 Å². The number of benzene rings is 2. The molecule has 24 heavy (non-hydrogen) atoms. The van der Waals surface area contributed by atoms with E-state index in [1.807, 2.05) is 24.3 Å². The summed E-state index contributed by atoms with van der Waals surface area (Å²) in [5, 5.41) is 0. The van der Waals surface area contributed by atoms with Crippen LogP contribution in [0.1, 0.15) is 21.6 Å². The number of aromatic nitrogens is 1. The fourth-order valence-corrected chi connectivity index (χ4v) is 2.70. The minimum atomic E-state index is -0.579.